The fourth-order valence-corrected chi connectivity index (χ4v) is 2.86. The minimum Gasteiger partial charge on any atom is -0.443 e. The summed E-state index contributed by atoms with van der Waals surface area (Å²) in [5.41, 5.74) is 0.939. The number of rotatable bonds is 4. The highest BCUT2D eigenvalue weighted by atomic mass is 16.6. The number of nitro groups is 1. The number of non-ortho nitro benzene ring substituents is 1. The van der Waals surface area contributed by atoms with E-state index in [9.17, 15) is 14.9 Å². The number of anilines is 2. The lowest BCUT2D eigenvalue weighted by Crippen LogP contribution is -2.35. The molecule has 1 aromatic carbocycles. The van der Waals surface area contributed by atoms with Gasteiger partial charge in [-0.05, 0) is 32.8 Å². The number of ether oxygens (including phenoxy) is 1. The summed E-state index contributed by atoms with van der Waals surface area (Å²) in [7, 11) is 0. The van der Waals surface area contributed by atoms with E-state index in [1.54, 1.807) is 45.3 Å². The smallest absolute Gasteiger partial charge is 0.420 e. The molecule has 2 aromatic heterocycles. The van der Waals surface area contributed by atoms with Gasteiger partial charge in [0.05, 0.1) is 16.8 Å². The van der Waals surface area contributed by atoms with Crippen molar-refractivity contribution in [3.63, 3.8) is 0 Å². The number of fused-ring (bicyclic) bond motifs is 1. The molecule has 0 N–H and O–H groups in total. The predicted octanol–water partition coefficient (Wildman–Crippen LogP) is 4.83. The van der Waals surface area contributed by atoms with Crippen LogP contribution < -0.4 is 4.90 Å². The first kappa shape index (κ1) is 20.2. The predicted molar refractivity (Wildman–Crippen MR) is 109 cm³/mol. The highest BCUT2D eigenvalue weighted by molar-refractivity contribution is 5.95. The minimum absolute atomic E-state index is 0.135. The minimum atomic E-state index is -0.755. The Bertz CT molecular complexity index is 1070. The van der Waals surface area contributed by atoms with Crippen molar-refractivity contribution in [3.05, 3.63) is 58.4 Å². The van der Waals surface area contributed by atoms with Crippen molar-refractivity contribution in [3.8, 4) is 0 Å². The lowest BCUT2D eigenvalue weighted by Gasteiger charge is -2.27. The standard InChI is InChI=1S/C20H23N5O4/c1-13(2)16-12-22-24-17(9-10-21-18(16)24)23(19(26)29-20(3,4)5)14-7-6-8-15(11-14)25(27)28/h6-13H,1-5H3. The maximum atomic E-state index is 13.1. The third-order valence-corrected chi connectivity index (χ3v) is 4.13. The summed E-state index contributed by atoms with van der Waals surface area (Å²) in [4.78, 5) is 29.5. The van der Waals surface area contributed by atoms with Gasteiger partial charge in [0.15, 0.2) is 5.65 Å². The molecule has 0 aliphatic carbocycles. The van der Waals surface area contributed by atoms with Gasteiger partial charge in [-0.25, -0.2) is 14.7 Å². The van der Waals surface area contributed by atoms with E-state index < -0.39 is 16.6 Å². The number of nitrogens with zero attached hydrogens (tertiary/aromatic N) is 5. The highest BCUT2D eigenvalue weighted by Gasteiger charge is 2.28. The molecule has 29 heavy (non-hydrogen) atoms. The average molecular weight is 397 g/mol. The number of hydrogen-bond donors (Lipinski definition) is 0. The second kappa shape index (κ2) is 7.50. The zero-order chi connectivity index (χ0) is 21.3. The van der Waals surface area contributed by atoms with E-state index in [0.29, 0.717) is 17.2 Å². The van der Waals surface area contributed by atoms with Crippen molar-refractivity contribution < 1.29 is 14.5 Å². The van der Waals surface area contributed by atoms with E-state index in [2.05, 4.69) is 10.1 Å². The van der Waals surface area contributed by atoms with Crippen LogP contribution in [0.1, 0.15) is 46.1 Å². The van der Waals surface area contributed by atoms with Crippen LogP contribution in [0.25, 0.3) is 5.65 Å². The van der Waals surface area contributed by atoms with Crippen molar-refractivity contribution in [2.45, 2.75) is 46.1 Å². The van der Waals surface area contributed by atoms with Crippen LogP contribution in [0.2, 0.25) is 0 Å². The van der Waals surface area contributed by atoms with Crippen molar-refractivity contribution >= 4 is 28.9 Å². The van der Waals surface area contributed by atoms with Gasteiger partial charge in [0.25, 0.3) is 5.69 Å². The Morgan fingerprint density at radius 1 is 1.28 bits per heavy atom. The summed E-state index contributed by atoms with van der Waals surface area (Å²) < 4.78 is 7.11. The van der Waals surface area contributed by atoms with Gasteiger partial charge in [0, 0.05) is 30.0 Å². The summed E-state index contributed by atoms with van der Waals surface area (Å²) in [6, 6.07) is 7.43. The topological polar surface area (TPSA) is 103 Å². The monoisotopic (exact) mass is 397 g/mol. The number of aromatic nitrogens is 3. The number of carbonyl (C=O) groups excluding carboxylic acids is 1. The number of benzene rings is 1. The number of nitro benzene ring substituents is 1. The summed E-state index contributed by atoms with van der Waals surface area (Å²) in [5.74, 6) is 0.555. The van der Waals surface area contributed by atoms with Crippen LogP contribution in [0.4, 0.5) is 22.0 Å². The quantitative estimate of drug-likeness (QED) is 0.461. The van der Waals surface area contributed by atoms with Crippen LogP contribution in [0.3, 0.4) is 0 Å². The maximum Gasteiger partial charge on any atom is 0.420 e. The molecule has 0 bridgehead atoms. The molecule has 1 amide bonds. The van der Waals surface area contributed by atoms with Crippen LogP contribution in [-0.2, 0) is 4.74 Å². The normalized spacial score (nSPS) is 11.7. The van der Waals surface area contributed by atoms with E-state index in [1.165, 1.54) is 27.6 Å². The molecule has 0 saturated heterocycles. The van der Waals surface area contributed by atoms with Gasteiger partial charge < -0.3 is 4.74 Å². The molecule has 0 saturated carbocycles. The molecule has 0 aliphatic heterocycles. The zero-order valence-electron chi connectivity index (χ0n) is 17.0. The van der Waals surface area contributed by atoms with Crippen molar-refractivity contribution in [1.29, 1.82) is 0 Å². The summed E-state index contributed by atoms with van der Waals surface area (Å²) in [6.45, 7) is 9.31. The second-order valence-corrected chi connectivity index (χ2v) is 7.89. The summed E-state index contributed by atoms with van der Waals surface area (Å²) >= 11 is 0. The highest BCUT2D eigenvalue weighted by Crippen LogP contribution is 2.31. The first-order valence-electron chi connectivity index (χ1n) is 9.18. The molecule has 0 unspecified atom stereocenters. The lowest BCUT2D eigenvalue weighted by atomic mass is 10.1. The van der Waals surface area contributed by atoms with Gasteiger partial charge in [-0.1, -0.05) is 19.9 Å². The number of carbonyl (C=O) groups is 1. The van der Waals surface area contributed by atoms with Crippen LogP contribution in [0, 0.1) is 10.1 Å². The fraction of sp³-hybridized carbons (Fsp3) is 0.350. The molecule has 0 radical (unpaired) electrons. The maximum absolute atomic E-state index is 13.1. The number of hydrogen-bond acceptors (Lipinski definition) is 6. The number of amides is 1. The van der Waals surface area contributed by atoms with Gasteiger partial charge in [0.1, 0.15) is 11.4 Å². The molecular weight excluding hydrogens is 374 g/mol. The zero-order valence-corrected chi connectivity index (χ0v) is 17.0. The first-order valence-corrected chi connectivity index (χ1v) is 9.18. The van der Waals surface area contributed by atoms with E-state index >= 15 is 0 Å². The fourth-order valence-electron chi connectivity index (χ4n) is 2.86. The summed E-state index contributed by atoms with van der Waals surface area (Å²) in [6.07, 6.45) is 2.61. The van der Waals surface area contributed by atoms with E-state index in [4.69, 9.17) is 4.74 Å². The average Bonchev–Trinajstić information content (AvgIpc) is 3.06. The van der Waals surface area contributed by atoms with Crippen molar-refractivity contribution in [2.24, 2.45) is 0 Å². The Morgan fingerprint density at radius 2 is 2.00 bits per heavy atom. The van der Waals surface area contributed by atoms with Gasteiger partial charge in [-0.2, -0.15) is 9.61 Å². The largest absolute Gasteiger partial charge is 0.443 e. The first-order chi connectivity index (χ1) is 13.6. The van der Waals surface area contributed by atoms with Gasteiger partial charge >= 0.3 is 6.09 Å². The van der Waals surface area contributed by atoms with Crippen LogP contribution >= 0.6 is 0 Å². The molecule has 0 spiro atoms. The third kappa shape index (κ3) is 4.18. The Morgan fingerprint density at radius 3 is 2.62 bits per heavy atom. The van der Waals surface area contributed by atoms with Gasteiger partial charge in [0.2, 0.25) is 0 Å². The Balaban J connectivity index is 2.21. The summed E-state index contributed by atoms with van der Waals surface area (Å²) in [5, 5.41) is 15.6. The van der Waals surface area contributed by atoms with Crippen molar-refractivity contribution in [2.75, 3.05) is 4.90 Å². The van der Waals surface area contributed by atoms with Crippen LogP contribution in [0.5, 0.6) is 0 Å². The van der Waals surface area contributed by atoms with Crippen LogP contribution in [-0.4, -0.2) is 31.2 Å². The molecular formula is C20H23N5O4. The molecule has 0 fully saturated rings. The van der Waals surface area contributed by atoms with E-state index in [-0.39, 0.29) is 11.6 Å². The van der Waals surface area contributed by atoms with Crippen LogP contribution in [0.15, 0.2) is 42.7 Å². The molecule has 2 heterocycles. The molecule has 3 rings (SSSR count). The lowest BCUT2D eigenvalue weighted by molar-refractivity contribution is -0.384. The van der Waals surface area contributed by atoms with Crippen molar-refractivity contribution in [1.82, 2.24) is 14.6 Å². The molecule has 0 aliphatic rings. The Labute approximate surface area is 168 Å². The second-order valence-electron chi connectivity index (χ2n) is 7.89. The van der Waals surface area contributed by atoms with Gasteiger partial charge in [-0.15, -0.1) is 0 Å². The molecule has 0 atom stereocenters. The molecule has 152 valence electrons. The SMILES string of the molecule is CC(C)c1cnn2c(N(C(=O)OC(C)(C)C)c3cccc([N+](=O)[O-])c3)ccnc12. The van der Waals surface area contributed by atoms with E-state index in [0.717, 1.165) is 5.56 Å². The Kier molecular flexibility index (Phi) is 5.23. The Hall–Kier alpha value is -3.49. The molecule has 3 aromatic rings. The molecule has 9 nitrogen and oxygen atoms in total. The van der Waals surface area contributed by atoms with Gasteiger partial charge in [-0.3, -0.25) is 10.1 Å². The van der Waals surface area contributed by atoms with E-state index in [1.807, 2.05) is 13.8 Å². The molecule has 9 heteroatoms. The third-order valence-electron chi connectivity index (χ3n) is 4.13.